The average molecular weight is 297 g/mol. The van der Waals surface area contributed by atoms with E-state index in [9.17, 15) is 0 Å². The third-order valence-electron chi connectivity index (χ3n) is 3.84. The molecule has 116 valence electrons. The third-order valence-corrected chi connectivity index (χ3v) is 3.84. The van der Waals surface area contributed by atoms with E-state index >= 15 is 0 Å². The summed E-state index contributed by atoms with van der Waals surface area (Å²) in [6.07, 6.45) is 2.95. The highest BCUT2D eigenvalue weighted by Crippen LogP contribution is 2.23. The molecule has 0 amide bonds. The van der Waals surface area contributed by atoms with Crippen LogP contribution in [0.5, 0.6) is 0 Å². The SMILES string of the molecule is CC(C)c1nc(-c2ccccn2)cc(N2CCCNCC2)n1. The topological polar surface area (TPSA) is 53.9 Å². The molecule has 5 nitrogen and oxygen atoms in total. The first kappa shape index (κ1) is 14.9. The van der Waals surface area contributed by atoms with Crippen molar-refractivity contribution >= 4 is 5.82 Å². The number of hydrogen-bond acceptors (Lipinski definition) is 5. The molecule has 1 fully saturated rings. The maximum absolute atomic E-state index is 4.78. The van der Waals surface area contributed by atoms with Crippen LogP contribution >= 0.6 is 0 Å². The Morgan fingerprint density at radius 1 is 1.09 bits per heavy atom. The molecule has 3 heterocycles. The zero-order valence-corrected chi connectivity index (χ0v) is 13.3. The van der Waals surface area contributed by atoms with Crippen molar-refractivity contribution in [2.75, 3.05) is 31.1 Å². The first-order valence-electron chi connectivity index (χ1n) is 8.00. The van der Waals surface area contributed by atoms with Gasteiger partial charge in [-0.05, 0) is 25.1 Å². The molecule has 0 aromatic carbocycles. The van der Waals surface area contributed by atoms with E-state index in [1.807, 2.05) is 24.4 Å². The van der Waals surface area contributed by atoms with Gasteiger partial charge in [0.05, 0.1) is 11.4 Å². The molecular weight excluding hydrogens is 274 g/mol. The minimum atomic E-state index is 0.299. The zero-order valence-electron chi connectivity index (χ0n) is 13.3. The lowest BCUT2D eigenvalue weighted by Crippen LogP contribution is -2.29. The van der Waals surface area contributed by atoms with E-state index in [0.29, 0.717) is 5.92 Å². The predicted octanol–water partition coefficient (Wildman–Crippen LogP) is 2.46. The number of anilines is 1. The zero-order chi connectivity index (χ0) is 15.4. The van der Waals surface area contributed by atoms with Crippen molar-refractivity contribution in [3.63, 3.8) is 0 Å². The molecule has 2 aromatic heterocycles. The van der Waals surface area contributed by atoms with Gasteiger partial charge in [-0.25, -0.2) is 9.97 Å². The van der Waals surface area contributed by atoms with Gasteiger partial charge in [-0.2, -0.15) is 0 Å². The van der Waals surface area contributed by atoms with E-state index in [2.05, 4.69) is 35.1 Å². The summed E-state index contributed by atoms with van der Waals surface area (Å²) in [5.74, 6) is 2.20. The van der Waals surface area contributed by atoms with Crippen molar-refractivity contribution in [3.8, 4) is 11.4 Å². The van der Waals surface area contributed by atoms with Gasteiger partial charge in [0.25, 0.3) is 0 Å². The molecule has 0 radical (unpaired) electrons. The standard InChI is InChI=1S/C17H23N5/c1-13(2)17-20-15(14-6-3-4-8-19-14)12-16(21-17)22-10-5-7-18-9-11-22/h3-4,6,8,12-13,18H,5,7,9-11H2,1-2H3. The van der Waals surface area contributed by atoms with Crippen molar-refractivity contribution in [3.05, 3.63) is 36.3 Å². The fourth-order valence-electron chi connectivity index (χ4n) is 2.59. The van der Waals surface area contributed by atoms with Crippen LogP contribution < -0.4 is 10.2 Å². The molecule has 0 saturated carbocycles. The van der Waals surface area contributed by atoms with Crippen LogP contribution in [-0.4, -0.2) is 41.1 Å². The predicted molar refractivity (Wildman–Crippen MR) is 89.1 cm³/mol. The van der Waals surface area contributed by atoms with Crippen molar-refractivity contribution in [2.24, 2.45) is 0 Å². The molecular formula is C17H23N5. The molecule has 2 aromatic rings. The summed E-state index contributed by atoms with van der Waals surface area (Å²) in [6, 6.07) is 7.99. The number of rotatable bonds is 3. The minimum absolute atomic E-state index is 0.299. The van der Waals surface area contributed by atoms with E-state index in [4.69, 9.17) is 9.97 Å². The Kier molecular flexibility index (Phi) is 4.63. The van der Waals surface area contributed by atoms with Crippen molar-refractivity contribution < 1.29 is 0 Å². The van der Waals surface area contributed by atoms with Gasteiger partial charge < -0.3 is 10.2 Å². The number of nitrogens with zero attached hydrogens (tertiary/aromatic N) is 4. The Labute approximate surface area is 131 Å². The summed E-state index contributed by atoms with van der Waals surface area (Å²) in [4.78, 5) is 16.3. The molecule has 1 N–H and O–H groups in total. The lowest BCUT2D eigenvalue weighted by molar-refractivity contribution is 0.724. The van der Waals surface area contributed by atoms with Gasteiger partial charge in [0, 0.05) is 37.8 Å². The molecule has 1 saturated heterocycles. The summed E-state index contributed by atoms with van der Waals surface area (Å²) in [7, 11) is 0. The van der Waals surface area contributed by atoms with E-state index in [1.54, 1.807) is 0 Å². The fraction of sp³-hybridized carbons (Fsp3) is 0.471. The smallest absolute Gasteiger partial charge is 0.134 e. The average Bonchev–Trinajstić information content (AvgIpc) is 2.84. The molecule has 3 rings (SSSR count). The van der Waals surface area contributed by atoms with Crippen molar-refractivity contribution in [2.45, 2.75) is 26.2 Å². The molecule has 0 spiro atoms. The van der Waals surface area contributed by atoms with E-state index < -0.39 is 0 Å². The van der Waals surface area contributed by atoms with Crippen LogP contribution in [0.2, 0.25) is 0 Å². The lowest BCUT2D eigenvalue weighted by Gasteiger charge is -2.22. The van der Waals surface area contributed by atoms with Crippen LogP contribution in [0.1, 0.15) is 32.0 Å². The van der Waals surface area contributed by atoms with Crippen molar-refractivity contribution in [1.29, 1.82) is 0 Å². The van der Waals surface area contributed by atoms with Gasteiger partial charge in [-0.3, -0.25) is 4.98 Å². The van der Waals surface area contributed by atoms with Gasteiger partial charge >= 0.3 is 0 Å². The van der Waals surface area contributed by atoms with Gasteiger partial charge in [0.15, 0.2) is 0 Å². The summed E-state index contributed by atoms with van der Waals surface area (Å²) in [5, 5.41) is 3.43. The minimum Gasteiger partial charge on any atom is -0.355 e. The molecule has 0 aliphatic carbocycles. The lowest BCUT2D eigenvalue weighted by atomic mass is 10.2. The summed E-state index contributed by atoms with van der Waals surface area (Å²) in [5.41, 5.74) is 1.81. The maximum atomic E-state index is 4.78. The fourth-order valence-corrected chi connectivity index (χ4v) is 2.59. The molecule has 1 aliphatic heterocycles. The first-order valence-corrected chi connectivity index (χ1v) is 8.00. The van der Waals surface area contributed by atoms with Crippen LogP contribution in [-0.2, 0) is 0 Å². The van der Waals surface area contributed by atoms with Crippen LogP contribution in [0.3, 0.4) is 0 Å². The Morgan fingerprint density at radius 3 is 2.77 bits per heavy atom. The van der Waals surface area contributed by atoms with E-state index in [-0.39, 0.29) is 0 Å². The Balaban J connectivity index is 2.00. The number of aromatic nitrogens is 3. The molecule has 0 unspecified atom stereocenters. The Hall–Kier alpha value is -2.01. The quantitative estimate of drug-likeness (QED) is 0.943. The highest BCUT2D eigenvalue weighted by Gasteiger charge is 2.16. The molecule has 0 bridgehead atoms. The number of nitrogens with one attached hydrogen (secondary N) is 1. The van der Waals surface area contributed by atoms with Crippen LogP contribution in [0, 0.1) is 0 Å². The molecule has 1 aliphatic rings. The van der Waals surface area contributed by atoms with E-state index in [0.717, 1.165) is 55.6 Å². The number of hydrogen-bond donors (Lipinski definition) is 1. The summed E-state index contributed by atoms with van der Waals surface area (Å²) < 4.78 is 0. The molecule has 0 atom stereocenters. The van der Waals surface area contributed by atoms with Crippen LogP contribution in [0.15, 0.2) is 30.5 Å². The third kappa shape index (κ3) is 3.42. The normalized spacial score (nSPS) is 15.9. The van der Waals surface area contributed by atoms with Crippen LogP contribution in [0.25, 0.3) is 11.4 Å². The maximum Gasteiger partial charge on any atom is 0.134 e. The van der Waals surface area contributed by atoms with E-state index in [1.165, 1.54) is 0 Å². The number of pyridine rings is 1. The molecule has 5 heteroatoms. The monoisotopic (exact) mass is 297 g/mol. The Morgan fingerprint density at radius 2 is 2.00 bits per heavy atom. The second-order valence-corrected chi connectivity index (χ2v) is 5.93. The first-order chi connectivity index (χ1) is 10.7. The van der Waals surface area contributed by atoms with Gasteiger partial charge in [-0.15, -0.1) is 0 Å². The van der Waals surface area contributed by atoms with Crippen molar-refractivity contribution in [1.82, 2.24) is 20.3 Å². The van der Waals surface area contributed by atoms with Gasteiger partial charge in [0.1, 0.15) is 11.6 Å². The molecule has 22 heavy (non-hydrogen) atoms. The summed E-state index contributed by atoms with van der Waals surface area (Å²) in [6.45, 7) is 8.35. The second kappa shape index (κ2) is 6.83. The highest BCUT2D eigenvalue weighted by atomic mass is 15.2. The second-order valence-electron chi connectivity index (χ2n) is 5.93. The van der Waals surface area contributed by atoms with Gasteiger partial charge in [-0.1, -0.05) is 19.9 Å². The Bertz CT molecular complexity index is 604. The summed E-state index contributed by atoms with van der Waals surface area (Å²) >= 11 is 0. The van der Waals surface area contributed by atoms with Gasteiger partial charge in [0.2, 0.25) is 0 Å². The van der Waals surface area contributed by atoms with Crippen LogP contribution in [0.4, 0.5) is 5.82 Å². The largest absolute Gasteiger partial charge is 0.355 e. The highest BCUT2D eigenvalue weighted by molar-refractivity contribution is 5.59.